The molecule has 0 radical (unpaired) electrons. The number of hydrogen-bond acceptors (Lipinski definition) is 8. The SMILES string of the molecule is C=C/C=C(\C=C)c1cc(-n2c3cnccc3c3c4ccccc4oc32)cc(-c2ccccc2)n1.c1ccc(-c2nc(-c3ccccc3)nc(-n3c4cnccc4c4c5ccccc5oc43)n2)cc1. The lowest BCUT2D eigenvalue weighted by molar-refractivity contribution is 0.641. The summed E-state index contributed by atoms with van der Waals surface area (Å²) >= 11 is 0. The molecule has 0 spiro atoms. The predicted molar refractivity (Wildman–Crippen MR) is 273 cm³/mol. The second kappa shape index (κ2) is 16.8. The summed E-state index contributed by atoms with van der Waals surface area (Å²) in [5.74, 6) is 1.68. The van der Waals surface area contributed by atoms with E-state index in [1.54, 1.807) is 18.3 Å². The fraction of sp³-hybridized carbons (Fsp3) is 0. The zero-order valence-corrected chi connectivity index (χ0v) is 36.4. The van der Waals surface area contributed by atoms with Crippen molar-refractivity contribution in [3.05, 3.63) is 226 Å². The Labute approximate surface area is 389 Å². The van der Waals surface area contributed by atoms with Crippen molar-refractivity contribution in [2.24, 2.45) is 0 Å². The molecule has 5 aromatic carbocycles. The molecule has 0 unspecified atom stereocenters. The molecular weight excluding hydrogens is 841 g/mol. The van der Waals surface area contributed by atoms with Gasteiger partial charge in [0.05, 0.1) is 51.3 Å². The van der Waals surface area contributed by atoms with Crippen LogP contribution in [0.25, 0.3) is 117 Å². The highest BCUT2D eigenvalue weighted by Gasteiger charge is 2.23. The second-order valence-corrected chi connectivity index (χ2v) is 16.1. The Morgan fingerprint density at radius 1 is 0.485 bits per heavy atom. The Balaban J connectivity index is 0.000000141. The highest BCUT2D eigenvalue weighted by atomic mass is 16.3. The number of fused-ring (bicyclic) bond motifs is 10. The molecule has 0 bridgehead atoms. The van der Waals surface area contributed by atoms with Gasteiger partial charge < -0.3 is 8.83 Å². The fourth-order valence-electron chi connectivity index (χ4n) is 8.96. The fourth-order valence-corrected chi connectivity index (χ4v) is 8.96. The third-order valence-electron chi connectivity index (χ3n) is 12.0. The lowest BCUT2D eigenvalue weighted by Gasteiger charge is -2.12. The van der Waals surface area contributed by atoms with E-state index in [4.69, 9.17) is 28.8 Å². The Hall–Kier alpha value is -9.54. The van der Waals surface area contributed by atoms with Gasteiger partial charge in [0, 0.05) is 50.6 Å². The summed E-state index contributed by atoms with van der Waals surface area (Å²) in [6.45, 7) is 7.84. The van der Waals surface area contributed by atoms with Crippen LogP contribution in [0.3, 0.4) is 0 Å². The normalized spacial score (nSPS) is 11.7. The number of furan rings is 2. The molecule has 0 aliphatic carbocycles. The molecule has 13 rings (SSSR count). The number of rotatable bonds is 8. The van der Waals surface area contributed by atoms with Crippen molar-refractivity contribution in [1.29, 1.82) is 0 Å². The summed E-state index contributed by atoms with van der Waals surface area (Å²) in [5.41, 5.74) is 11.4. The quantitative estimate of drug-likeness (QED) is 0.139. The zero-order valence-electron chi connectivity index (χ0n) is 36.4. The van der Waals surface area contributed by atoms with Crippen molar-refractivity contribution in [2.45, 2.75) is 0 Å². The molecule has 8 aromatic heterocycles. The van der Waals surface area contributed by atoms with E-state index in [2.05, 4.69) is 64.1 Å². The van der Waals surface area contributed by atoms with Gasteiger partial charge in [-0.05, 0) is 42.0 Å². The third kappa shape index (κ3) is 6.83. The highest BCUT2D eigenvalue weighted by Crippen LogP contribution is 2.41. The van der Waals surface area contributed by atoms with Crippen LogP contribution in [0.15, 0.2) is 229 Å². The van der Waals surface area contributed by atoms with E-state index in [1.165, 1.54) is 0 Å². The van der Waals surface area contributed by atoms with Gasteiger partial charge in [-0.25, -0.2) is 14.5 Å². The minimum Gasteiger partial charge on any atom is -0.439 e. The average Bonchev–Trinajstić information content (AvgIpc) is 4.15. The molecule has 10 heteroatoms. The van der Waals surface area contributed by atoms with Crippen molar-refractivity contribution in [2.75, 3.05) is 0 Å². The van der Waals surface area contributed by atoms with Gasteiger partial charge in [-0.2, -0.15) is 9.97 Å². The van der Waals surface area contributed by atoms with E-state index in [1.807, 2.05) is 157 Å². The molecule has 322 valence electrons. The van der Waals surface area contributed by atoms with Crippen LogP contribution >= 0.6 is 0 Å². The summed E-state index contributed by atoms with van der Waals surface area (Å²) < 4.78 is 16.8. The maximum atomic E-state index is 6.41. The molecule has 8 heterocycles. The first-order valence-corrected chi connectivity index (χ1v) is 22.1. The van der Waals surface area contributed by atoms with Gasteiger partial charge in [-0.3, -0.25) is 14.5 Å². The van der Waals surface area contributed by atoms with Crippen molar-refractivity contribution in [3.8, 4) is 45.7 Å². The zero-order chi connectivity index (χ0) is 45.6. The van der Waals surface area contributed by atoms with E-state index in [9.17, 15) is 0 Å². The van der Waals surface area contributed by atoms with Crippen molar-refractivity contribution < 1.29 is 8.83 Å². The van der Waals surface area contributed by atoms with Gasteiger partial charge >= 0.3 is 0 Å². The Morgan fingerprint density at radius 2 is 0.985 bits per heavy atom. The molecule has 10 nitrogen and oxygen atoms in total. The van der Waals surface area contributed by atoms with Gasteiger partial charge in [-0.15, -0.1) is 0 Å². The van der Waals surface area contributed by atoms with Crippen molar-refractivity contribution in [1.82, 2.24) is 39.0 Å². The van der Waals surface area contributed by atoms with E-state index >= 15 is 0 Å². The molecule has 0 saturated heterocycles. The van der Waals surface area contributed by atoms with Crippen LogP contribution in [-0.2, 0) is 0 Å². The van der Waals surface area contributed by atoms with E-state index in [0.29, 0.717) is 23.3 Å². The molecule has 0 fully saturated rings. The van der Waals surface area contributed by atoms with Gasteiger partial charge in [0.2, 0.25) is 17.4 Å². The van der Waals surface area contributed by atoms with E-state index < -0.39 is 0 Å². The van der Waals surface area contributed by atoms with Crippen LogP contribution in [0.4, 0.5) is 0 Å². The highest BCUT2D eigenvalue weighted by molar-refractivity contribution is 6.20. The molecular formula is C58H38N8O2. The first-order chi connectivity index (χ1) is 33.6. The Bertz CT molecular complexity index is 4010. The summed E-state index contributed by atoms with van der Waals surface area (Å²) in [5, 5.41) is 6.38. The smallest absolute Gasteiger partial charge is 0.241 e. The molecule has 0 amide bonds. The maximum absolute atomic E-state index is 6.41. The second-order valence-electron chi connectivity index (χ2n) is 16.1. The van der Waals surface area contributed by atoms with Crippen LogP contribution in [0, 0.1) is 0 Å². The average molecular weight is 879 g/mol. The summed E-state index contributed by atoms with van der Waals surface area (Å²) in [6.07, 6.45) is 12.8. The van der Waals surface area contributed by atoms with Crippen molar-refractivity contribution >= 4 is 71.5 Å². The lowest BCUT2D eigenvalue weighted by Crippen LogP contribution is -2.06. The van der Waals surface area contributed by atoms with Crippen molar-refractivity contribution in [3.63, 3.8) is 0 Å². The lowest BCUT2D eigenvalue weighted by atomic mass is 10.1. The van der Waals surface area contributed by atoms with Gasteiger partial charge in [0.25, 0.3) is 0 Å². The Kier molecular flexibility index (Phi) is 9.88. The molecule has 13 aromatic rings. The number of para-hydroxylation sites is 2. The van der Waals surface area contributed by atoms with Gasteiger partial charge in [-0.1, -0.05) is 159 Å². The van der Waals surface area contributed by atoms with Crippen LogP contribution in [0.5, 0.6) is 0 Å². The first kappa shape index (κ1) is 40.0. The number of benzene rings is 5. The summed E-state index contributed by atoms with van der Waals surface area (Å²) in [6, 6.07) is 54.4. The third-order valence-corrected chi connectivity index (χ3v) is 12.0. The van der Waals surface area contributed by atoms with Gasteiger partial charge in [0.1, 0.15) is 11.2 Å². The molecule has 0 aliphatic rings. The monoisotopic (exact) mass is 878 g/mol. The minimum absolute atomic E-state index is 0.486. The number of hydrogen-bond donors (Lipinski definition) is 0. The molecule has 0 saturated carbocycles. The number of nitrogens with zero attached hydrogens (tertiary/aromatic N) is 8. The van der Waals surface area contributed by atoms with E-state index in [-0.39, 0.29) is 0 Å². The van der Waals surface area contributed by atoms with E-state index in [0.717, 1.165) is 99.6 Å². The molecule has 68 heavy (non-hydrogen) atoms. The predicted octanol–water partition coefficient (Wildman–Crippen LogP) is 14.2. The van der Waals surface area contributed by atoms with Gasteiger partial charge in [0.15, 0.2) is 11.6 Å². The summed E-state index contributed by atoms with van der Waals surface area (Å²) in [4.78, 5) is 28.4. The molecule has 0 aliphatic heterocycles. The number of aromatic nitrogens is 8. The maximum Gasteiger partial charge on any atom is 0.241 e. The van der Waals surface area contributed by atoms with Crippen LogP contribution in [0.2, 0.25) is 0 Å². The van der Waals surface area contributed by atoms with Crippen LogP contribution in [0.1, 0.15) is 5.69 Å². The largest absolute Gasteiger partial charge is 0.439 e. The molecule has 0 atom stereocenters. The first-order valence-electron chi connectivity index (χ1n) is 22.1. The number of allylic oxidation sites excluding steroid dienone is 4. The summed E-state index contributed by atoms with van der Waals surface area (Å²) in [7, 11) is 0. The molecule has 0 N–H and O–H groups in total. The Morgan fingerprint density at radius 3 is 1.53 bits per heavy atom. The number of pyridine rings is 3. The topological polar surface area (TPSA) is 113 Å². The standard InChI is InChI=1S/C30H21N3O.C28H17N5O/c1-3-10-20(4-2)25-17-22(18-26(32-25)21-11-6-5-7-12-21)33-27-19-31-16-15-23(27)29-24-13-8-9-14-28(24)34-30(29)33;1-3-9-18(10-4-1)25-30-26(19-11-5-2-6-12-19)32-28(31-25)33-22-17-29-16-15-20(22)24-21-13-7-8-14-23(21)34-27(24)33/h3-19H,1-2H2;1-17H/b20-10+;. The van der Waals surface area contributed by atoms with Crippen LogP contribution < -0.4 is 0 Å². The minimum atomic E-state index is 0.486. The van der Waals surface area contributed by atoms with Crippen LogP contribution in [-0.4, -0.2) is 39.0 Å².